The van der Waals surface area contributed by atoms with Crippen molar-refractivity contribution in [1.82, 2.24) is 15.1 Å². The van der Waals surface area contributed by atoms with Crippen LogP contribution >= 0.6 is 0 Å². The number of hydrogen-bond acceptors (Lipinski definition) is 3. The minimum absolute atomic E-state index is 0.182. The summed E-state index contributed by atoms with van der Waals surface area (Å²) in [6, 6.07) is 16.0. The van der Waals surface area contributed by atoms with Crippen LogP contribution in [0.15, 0.2) is 48.5 Å². The number of nitrogens with zero attached hydrogens (tertiary/aromatic N) is 2. The molecule has 132 valence electrons. The van der Waals surface area contributed by atoms with Crippen molar-refractivity contribution in [2.24, 2.45) is 5.92 Å². The lowest BCUT2D eigenvalue weighted by Crippen LogP contribution is -2.46. The van der Waals surface area contributed by atoms with E-state index in [2.05, 4.69) is 32.5 Å². The summed E-state index contributed by atoms with van der Waals surface area (Å²) in [5.74, 6) is 1.27. The van der Waals surface area contributed by atoms with Crippen LogP contribution in [0.1, 0.15) is 34.8 Å². The van der Waals surface area contributed by atoms with Crippen molar-refractivity contribution in [3.05, 3.63) is 59.8 Å². The number of carbonyl (C=O) groups is 1. The first-order chi connectivity index (χ1) is 12.8. The molecule has 5 nitrogen and oxygen atoms in total. The molecule has 3 fully saturated rings. The minimum Gasteiger partial charge on any atom is -0.321 e. The molecule has 0 radical (unpaired) electrons. The Morgan fingerprint density at radius 3 is 2.58 bits per heavy atom. The number of hydrogen-bond donors (Lipinski definition) is 2. The first-order valence-corrected chi connectivity index (χ1v) is 9.35. The summed E-state index contributed by atoms with van der Waals surface area (Å²) >= 11 is 0. The quantitative estimate of drug-likeness (QED) is 0.761. The predicted octanol–water partition coefficient (Wildman–Crippen LogP) is 3.62. The van der Waals surface area contributed by atoms with Gasteiger partial charge in [0.2, 0.25) is 0 Å². The van der Waals surface area contributed by atoms with Gasteiger partial charge in [0.1, 0.15) is 0 Å². The number of H-pyrrole nitrogens is 1. The molecule has 1 aromatic heterocycles. The number of anilines is 1. The predicted molar refractivity (Wildman–Crippen MR) is 102 cm³/mol. The normalized spacial score (nSPS) is 24.7. The summed E-state index contributed by atoms with van der Waals surface area (Å²) in [6.07, 6.45) is 2.63. The Morgan fingerprint density at radius 2 is 1.85 bits per heavy atom. The van der Waals surface area contributed by atoms with E-state index in [0.29, 0.717) is 11.6 Å². The highest BCUT2D eigenvalue weighted by Gasteiger charge is 2.34. The van der Waals surface area contributed by atoms with Gasteiger partial charge in [-0.15, -0.1) is 0 Å². The van der Waals surface area contributed by atoms with E-state index in [4.69, 9.17) is 0 Å². The van der Waals surface area contributed by atoms with Crippen LogP contribution in [-0.4, -0.2) is 40.6 Å². The fourth-order valence-corrected chi connectivity index (χ4v) is 4.48. The Bertz CT molecular complexity index is 938. The molecule has 3 aliphatic heterocycles. The lowest BCUT2D eigenvalue weighted by molar-refractivity contribution is 0.0871. The summed E-state index contributed by atoms with van der Waals surface area (Å²) in [7, 11) is 0. The molecule has 1 amide bonds. The fourth-order valence-electron chi connectivity index (χ4n) is 4.48. The number of fused-ring (bicyclic) bond motifs is 4. The van der Waals surface area contributed by atoms with Crippen molar-refractivity contribution in [3.8, 4) is 0 Å². The Labute approximate surface area is 152 Å². The van der Waals surface area contributed by atoms with Crippen LogP contribution in [0, 0.1) is 5.92 Å². The van der Waals surface area contributed by atoms with Crippen LogP contribution in [0.2, 0.25) is 0 Å². The molecule has 0 aliphatic carbocycles. The highest BCUT2D eigenvalue weighted by atomic mass is 16.1. The molecule has 3 saturated heterocycles. The van der Waals surface area contributed by atoms with Crippen molar-refractivity contribution < 1.29 is 4.79 Å². The number of amides is 1. The molecular weight excluding hydrogens is 324 g/mol. The zero-order chi connectivity index (χ0) is 17.5. The van der Waals surface area contributed by atoms with Crippen LogP contribution < -0.4 is 5.32 Å². The zero-order valence-electron chi connectivity index (χ0n) is 14.6. The van der Waals surface area contributed by atoms with E-state index < -0.39 is 0 Å². The van der Waals surface area contributed by atoms with Gasteiger partial charge < -0.3 is 10.2 Å². The van der Waals surface area contributed by atoms with E-state index in [1.54, 1.807) is 0 Å². The third-order valence-corrected chi connectivity index (χ3v) is 5.94. The van der Waals surface area contributed by atoms with Gasteiger partial charge in [-0.2, -0.15) is 5.10 Å². The van der Waals surface area contributed by atoms with Gasteiger partial charge in [-0.05, 0) is 61.5 Å². The molecule has 0 saturated carbocycles. The maximum absolute atomic E-state index is 12.6. The van der Waals surface area contributed by atoms with Crippen molar-refractivity contribution >= 4 is 22.5 Å². The Morgan fingerprint density at radius 1 is 1.08 bits per heavy atom. The number of aromatic nitrogens is 2. The standard InChI is InChI=1S/C21H22N4O/c26-21(20-17-3-1-2-4-19(17)23-24-20)22-16-7-5-14(6-8-16)18-13-25-11-9-15(18)10-12-25/h1-8,15,18H,9-13H2,(H,22,26)(H,23,24). The molecule has 3 aromatic rings. The van der Waals surface area contributed by atoms with E-state index in [0.717, 1.165) is 22.5 Å². The van der Waals surface area contributed by atoms with E-state index in [9.17, 15) is 4.79 Å². The van der Waals surface area contributed by atoms with Crippen LogP contribution in [0.4, 0.5) is 5.69 Å². The van der Waals surface area contributed by atoms with E-state index >= 15 is 0 Å². The second-order valence-electron chi connectivity index (χ2n) is 7.44. The number of aromatic amines is 1. The van der Waals surface area contributed by atoms with Gasteiger partial charge in [0.25, 0.3) is 5.91 Å². The second-order valence-corrected chi connectivity index (χ2v) is 7.44. The minimum atomic E-state index is -0.182. The summed E-state index contributed by atoms with van der Waals surface area (Å²) < 4.78 is 0. The van der Waals surface area contributed by atoms with E-state index in [1.165, 1.54) is 38.0 Å². The monoisotopic (exact) mass is 346 g/mol. The first-order valence-electron chi connectivity index (χ1n) is 9.35. The number of para-hydroxylation sites is 1. The Kier molecular flexibility index (Phi) is 3.75. The maximum Gasteiger partial charge on any atom is 0.276 e. The summed E-state index contributed by atoms with van der Waals surface area (Å²) in [6.45, 7) is 3.69. The van der Waals surface area contributed by atoms with Crippen molar-refractivity contribution in [2.75, 3.05) is 25.0 Å². The summed E-state index contributed by atoms with van der Waals surface area (Å²) in [5, 5.41) is 10.9. The molecule has 1 atom stereocenters. The molecule has 6 rings (SSSR count). The van der Waals surface area contributed by atoms with Gasteiger partial charge in [0.15, 0.2) is 5.69 Å². The molecule has 2 bridgehead atoms. The van der Waals surface area contributed by atoms with Gasteiger partial charge >= 0.3 is 0 Å². The van der Waals surface area contributed by atoms with Crippen LogP contribution in [-0.2, 0) is 0 Å². The average Bonchev–Trinajstić information content (AvgIpc) is 3.14. The SMILES string of the molecule is O=C(Nc1ccc(C2CN3CCC2CC3)cc1)c1n[nH]c2ccccc12. The van der Waals surface area contributed by atoms with Crippen molar-refractivity contribution in [2.45, 2.75) is 18.8 Å². The van der Waals surface area contributed by atoms with Gasteiger partial charge in [0.05, 0.1) is 5.52 Å². The number of carbonyl (C=O) groups excluding carboxylic acids is 1. The smallest absolute Gasteiger partial charge is 0.276 e. The van der Waals surface area contributed by atoms with E-state index in [-0.39, 0.29) is 5.91 Å². The van der Waals surface area contributed by atoms with Crippen molar-refractivity contribution in [1.29, 1.82) is 0 Å². The molecule has 5 heteroatoms. The lowest BCUT2D eigenvalue weighted by atomic mass is 9.75. The topological polar surface area (TPSA) is 61.0 Å². The van der Waals surface area contributed by atoms with E-state index in [1.807, 2.05) is 36.4 Å². The molecule has 1 unspecified atom stereocenters. The molecule has 3 aliphatic rings. The maximum atomic E-state index is 12.6. The molecule has 0 spiro atoms. The van der Waals surface area contributed by atoms with Crippen LogP contribution in [0.5, 0.6) is 0 Å². The molecule has 2 N–H and O–H groups in total. The van der Waals surface area contributed by atoms with Crippen LogP contribution in [0.3, 0.4) is 0 Å². The van der Waals surface area contributed by atoms with Gasteiger partial charge in [-0.1, -0.05) is 30.3 Å². The third kappa shape index (κ3) is 2.69. The van der Waals surface area contributed by atoms with Gasteiger partial charge in [-0.3, -0.25) is 9.89 Å². The molecule has 4 heterocycles. The van der Waals surface area contributed by atoms with Crippen molar-refractivity contribution in [3.63, 3.8) is 0 Å². The summed E-state index contributed by atoms with van der Waals surface area (Å²) in [5.41, 5.74) is 3.51. The number of rotatable bonds is 3. The zero-order valence-corrected chi connectivity index (χ0v) is 14.6. The molecular formula is C21H22N4O. The Balaban J connectivity index is 1.33. The number of benzene rings is 2. The molecule has 2 aromatic carbocycles. The average molecular weight is 346 g/mol. The highest BCUT2D eigenvalue weighted by molar-refractivity contribution is 6.11. The first kappa shape index (κ1) is 15.6. The third-order valence-electron chi connectivity index (χ3n) is 5.94. The largest absolute Gasteiger partial charge is 0.321 e. The number of piperidine rings is 3. The van der Waals surface area contributed by atoms with Gasteiger partial charge in [0, 0.05) is 17.6 Å². The Hall–Kier alpha value is -2.66. The highest BCUT2D eigenvalue weighted by Crippen LogP contribution is 2.39. The van der Waals surface area contributed by atoms with Gasteiger partial charge in [-0.25, -0.2) is 0 Å². The summed E-state index contributed by atoms with van der Waals surface area (Å²) in [4.78, 5) is 15.2. The lowest BCUT2D eigenvalue weighted by Gasteiger charge is -2.45. The van der Waals surface area contributed by atoms with Crippen LogP contribution in [0.25, 0.3) is 10.9 Å². The number of nitrogens with one attached hydrogen (secondary N) is 2. The molecule has 26 heavy (non-hydrogen) atoms. The second kappa shape index (κ2) is 6.25. The fraction of sp³-hybridized carbons (Fsp3) is 0.333.